The third kappa shape index (κ3) is 2.36. The number of sulfone groups is 1. The van der Waals surface area contributed by atoms with E-state index in [9.17, 15) is 12.8 Å². The highest BCUT2D eigenvalue weighted by Crippen LogP contribution is 2.49. The van der Waals surface area contributed by atoms with E-state index >= 15 is 0 Å². The van der Waals surface area contributed by atoms with Gasteiger partial charge >= 0.3 is 0 Å². The number of nitrogens with two attached hydrogens (primary N) is 1. The van der Waals surface area contributed by atoms with Gasteiger partial charge in [-0.3, -0.25) is 0 Å². The highest BCUT2D eigenvalue weighted by molar-refractivity contribution is 7.91. The summed E-state index contributed by atoms with van der Waals surface area (Å²) < 4.78 is 37.8. The number of rotatable bonds is 3. The SMILES string of the molecule is Nc1cc(F)ccc1S(=O)(=O)CC1CC2CCC1C2. The van der Waals surface area contributed by atoms with Gasteiger partial charge in [-0.25, -0.2) is 12.8 Å². The first-order valence-electron chi connectivity index (χ1n) is 6.73. The standard InChI is InChI=1S/C14H18FNO2S/c15-12-3-4-14(13(16)7-12)19(17,18)8-11-6-9-1-2-10(11)5-9/h3-4,7,9-11H,1-2,5-6,8,16H2. The molecule has 2 saturated carbocycles. The van der Waals surface area contributed by atoms with Crippen LogP contribution >= 0.6 is 0 Å². The molecule has 3 nitrogen and oxygen atoms in total. The normalized spacial score (nSPS) is 29.8. The Bertz CT molecular complexity index is 599. The molecule has 5 heteroatoms. The summed E-state index contributed by atoms with van der Waals surface area (Å²) in [5.41, 5.74) is 5.66. The van der Waals surface area contributed by atoms with E-state index < -0.39 is 15.7 Å². The average Bonchev–Trinajstić information content (AvgIpc) is 2.89. The van der Waals surface area contributed by atoms with Gasteiger partial charge in [0, 0.05) is 0 Å². The van der Waals surface area contributed by atoms with Crippen molar-refractivity contribution in [1.29, 1.82) is 0 Å². The number of hydrogen-bond acceptors (Lipinski definition) is 3. The zero-order chi connectivity index (χ0) is 13.6. The van der Waals surface area contributed by atoms with E-state index in [1.165, 1.54) is 18.9 Å². The molecular formula is C14H18FNO2S. The van der Waals surface area contributed by atoms with Crippen LogP contribution in [-0.2, 0) is 9.84 Å². The molecule has 0 heterocycles. The summed E-state index contributed by atoms with van der Waals surface area (Å²) in [6.45, 7) is 0. The summed E-state index contributed by atoms with van der Waals surface area (Å²) in [4.78, 5) is 0.0803. The second kappa shape index (κ2) is 4.47. The number of fused-ring (bicyclic) bond motifs is 2. The van der Waals surface area contributed by atoms with E-state index in [2.05, 4.69) is 0 Å². The first kappa shape index (κ1) is 12.9. The summed E-state index contributed by atoms with van der Waals surface area (Å²) in [7, 11) is -3.41. The van der Waals surface area contributed by atoms with Gasteiger partial charge in [0.1, 0.15) is 5.82 Å². The molecule has 2 aliphatic carbocycles. The Hall–Kier alpha value is -1.10. The lowest BCUT2D eigenvalue weighted by Gasteiger charge is -2.21. The third-order valence-electron chi connectivity index (χ3n) is 4.62. The second-order valence-corrected chi connectivity index (χ2v) is 7.90. The van der Waals surface area contributed by atoms with Crippen LogP contribution in [0.1, 0.15) is 25.7 Å². The molecule has 0 saturated heterocycles. The maximum atomic E-state index is 13.0. The van der Waals surface area contributed by atoms with Crippen molar-refractivity contribution in [2.24, 2.45) is 17.8 Å². The first-order chi connectivity index (χ1) is 8.95. The largest absolute Gasteiger partial charge is 0.398 e. The van der Waals surface area contributed by atoms with E-state index in [1.54, 1.807) is 0 Å². The van der Waals surface area contributed by atoms with Gasteiger partial charge < -0.3 is 5.73 Å². The van der Waals surface area contributed by atoms with Crippen LogP contribution in [0.3, 0.4) is 0 Å². The molecule has 2 N–H and O–H groups in total. The molecule has 3 unspecified atom stereocenters. The van der Waals surface area contributed by atoms with E-state index in [0.29, 0.717) is 5.92 Å². The molecule has 19 heavy (non-hydrogen) atoms. The van der Waals surface area contributed by atoms with Crippen LogP contribution in [-0.4, -0.2) is 14.2 Å². The Labute approximate surface area is 112 Å². The minimum absolute atomic E-state index is 0.0168. The molecule has 1 aromatic rings. The van der Waals surface area contributed by atoms with Crippen LogP contribution in [0.15, 0.2) is 23.1 Å². The van der Waals surface area contributed by atoms with Crippen molar-refractivity contribution in [3.63, 3.8) is 0 Å². The monoisotopic (exact) mass is 283 g/mol. The Kier molecular flexibility index (Phi) is 3.04. The highest BCUT2D eigenvalue weighted by atomic mass is 32.2. The van der Waals surface area contributed by atoms with Crippen LogP contribution in [0, 0.1) is 23.6 Å². The topological polar surface area (TPSA) is 60.2 Å². The van der Waals surface area contributed by atoms with E-state index in [0.717, 1.165) is 30.9 Å². The number of hydrogen-bond donors (Lipinski definition) is 1. The van der Waals surface area contributed by atoms with Gasteiger partial charge in [0.25, 0.3) is 0 Å². The van der Waals surface area contributed by atoms with Gasteiger partial charge in [-0.15, -0.1) is 0 Å². The fraction of sp³-hybridized carbons (Fsp3) is 0.571. The van der Waals surface area contributed by atoms with Gasteiger partial charge in [0.15, 0.2) is 9.84 Å². The van der Waals surface area contributed by atoms with Crippen molar-refractivity contribution in [1.82, 2.24) is 0 Å². The fourth-order valence-electron chi connectivity index (χ4n) is 3.75. The predicted octanol–water partition coefficient (Wildman–Crippen LogP) is 2.62. The lowest BCUT2D eigenvalue weighted by Crippen LogP contribution is -2.22. The summed E-state index contributed by atoms with van der Waals surface area (Å²) in [5, 5.41) is 0. The zero-order valence-corrected chi connectivity index (χ0v) is 11.5. The van der Waals surface area contributed by atoms with Crippen LogP contribution in [0.25, 0.3) is 0 Å². The molecule has 0 aliphatic heterocycles. The molecule has 2 bridgehead atoms. The lowest BCUT2D eigenvalue weighted by molar-refractivity contribution is 0.360. The van der Waals surface area contributed by atoms with Crippen molar-refractivity contribution in [3.05, 3.63) is 24.0 Å². The van der Waals surface area contributed by atoms with Gasteiger partial charge in [-0.1, -0.05) is 6.42 Å². The van der Waals surface area contributed by atoms with E-state index in [4.69, 9.17) is 5.73 Å². The van der Waals surface area contributed by atoms with Crippen LogP contribution in [0.2, 0.25) is 0 Å². The molecule has 1 aromatic carbocycles. The van der Waals surface area contributed by atoms with Crippen molar-refractivity contribution in [2.45, 2.75) is 30.6 Å². The fourth-order valence-corrected chi connectivity index (χ4v) is 5.60. The molecule has 2 aliphatic rings. The van der Waals surface area contributed by atoms with Gasteiger partial charge in [-0.2, -0.15) is 0 Å². The van der Waals surface area contributed by atoms with E-state index in [1.807, 2.05) is 0 Å². The molecule has 104 valence electrons. The van der Waals surface area contributed by atoms with Crippen molar-refractivity contribution in [3.8, 4) is 0 Å². The van der Waals surface area contributed by atoms with E-state index in [-0.39, 0.29) is 22.3 Å². The Morgan fingerprint density at radius 3 is 2.63 bits per heavy atom. The number of benzene rings is 1. The number of nitrogen functional groups attached to an aromatic ring is 1. The maximum Gasteiger partial charge on any atom is 0.180 e. The number of halogens is 1. The summed E-state index contributed by atoms with van der Waals surface area (Å²) in [6, 6.07) is 3.52. The molecule has 0 radical (unpaired) electrons. The quantitative estimate of drug-likeness (QED) is 0.685. The van der Waals surface area contributed by atoms with Gasteiger partial charge in [0.2, 0.25) is 0 Å². The molecule has 3 atom stereocenters. The maximum absolute atomic E-state index is 13.0. The molecular weight excluding hydrogens is 265 g/mol. The summed E-state index contributed by atoms with van der Waals surface area (Å²) in [6.07, 6.45) is 4.60. The molecule has 2 fully saturated rings. The Balaban J connectivity index is 1.83. The highest BCUT2D eigenvalue weighted by Gasteiger charge is 2.41. The van der Waals surface area contributed by atoms with Crippen molar-refractivity contribution >= 4 is 15.5 Å². The summed E-state index contributed by atoms with van der Waals surface area (Å²) in [5.74, 6) is 1.19. The van der Waals surface area contributed by atoms with Crippen molar-refractivity contribution < 1.29 is 12.8 Å². The van der Waals surface area contributed by atoms with Gasteiger partial charge in [-0.05, 0) is 55.2 Å². The number of anilines is 1. The van der Waals surface area contributed by atoms with Gasteiger partial charge in [0.05, 0.1) is 16.3 Å². The lowest BCUT2D eigenvalue weighted by atomic mass is 9.90. The van der Waals surface area contributed by atoms with Crippen LogP contribution < -0.4 is 5.73 Å². The third-order valence-corrected chi connectivity index (χ3v) is 6.53. The summed E-state index contributed by atoms with van der Waals surface area (Å²) >= 11 is 0. The molecule has 3 rings (SSSR count). The van der Waals surface area contributed by atoms with Crippen molar-refractivity contribution in [2.75, 3.05) is 11.5 Å². The minimum Gasteiger partial charge on any atom is -0.398 e. The predicted molar refractivity (Wildman–Crippen MR) is 71.8 cm³/mol. The molecule has 0 amide bonds. The van der Waals surface area contributed by atoms with Crippen LogP contribution in [0.5, 0.6) is 0 Å². The Morgan fingerprint density at radius 1 is 1.26 bits per heavy atom. The molecule has 0 aromatic heterocycles. The second-order valence-electron chi connectivity index (χ2n) is 5.90. The molecule has 0 spiro atoms. The van der Waals surface area contributed by atoms with Crippen LogP contribution in [0.4, 0.5) is 10.1 Å². The first-order valence-corrected chi connectivity index (χ1v) is 8.39. The minimum atomic E-state index is -3.41. The zero-order valence-electron chi connectivity index (χ0n) is 10.7. The average molecular weight is 283 g/mol. The Morgan fingerprint density at radius 2 is 2.05 bits per heavy atom. The smallest absolute Gasteiger partial charge is 0.180 e.